The molecule has 118 valence electrons. The molecular weight excluding hydrogens is 300 g/mol. The number of benzene rings is 1. The number of nitro groups is 1. The number of ether oxygens (including phenoxy) is 1. The third-order valence-electron chi connectivity index (χ3n) is 5.05. The van der Waals surface area contributed by atoms with Gasteiger partial charge in [0.1, 0.15) is 0 Å². The number of fused-ring (bicyclic) bond motifs is 5. The van der Waals surface area contributed by atoms with Gasteiger partial charge in [-0.15, -0.1) is 0 Å². The van der Waals surface area contributed by atoms with Gasteiger partial charge in [0.25, 0.3) is 5.69 Å². The highest BCUT2D eigenvalue weighted by atomic mass is 16.6. The molecule has 4 atom stereocenters. The van der Waals surface area contributed by atoms with Crippen LogP contribution < -0.4 is 4.90 Å². The number of imide groups is 1. The van der Waals surface area contributed by atoms with Crippen molar-refractivity contribution in [3.63, 3.8) is 0 Å². The molecule has 3 aliphatic rings. The Bertz CT molecular complexity index is 750. The Hall–Kier alpha value is -2.54. The molecule has 23 heavy (non-hydrogen) atoms. The molecular formula is C16H14N2O5. The van der Waals surface area contributed by atoms with Crippen LogP contribution in [-0.4, -0.2) is 27.9 Å². The average Bonchev–Trinajstić information content (AvgIpc) is 3.04. The van der Waals surface area contributed by atoms with E-state index in [1.807, 2.05) is 26.0 Å². The maximum absolute atomic E-state index is 12.8. The predicted molar refractivity (Wildman–Crippen MR) is 79.6 cm³/mol. The number of carbonyl (C=O) groups is 2. The molecule has 4 rings (SSSR count). The monoisotopic (exact) mass is 314 g/mol. The van der Waals surface area contributed by atoms with Crippen molar-refractivity contribution in [2.75, 3.05) is 4.90 Å². The van der Waals surface area contributed by atoms with Crippen molar-refractivity contribution in [2.45, 2.75) is 25.0 Å². The average molecular weight is 314 g/mol. The smallest absolute Gasteiger partial charge is 0.269 e. The van der Waals surface area contributed by atoms with Gasteiger partial charge < -0.3 is 4.74 Å². The second-order valence-electron chi connectivity index (χ2n) is 6.54. The molecule has 0 spiro atoms. The van der Waals surface area contributed by atoms with Crippen LogP contribution in [0.5, 0.6) is 0 Å². The zero-order valence-corrected chi connectivity index (χ0v) is 12.6. The van der Waals surface area contributed by atoms with Gasteiger partial charge in [0.2, 0.25) is 11.8 Å². The van der Waals surface area contributed by atoms with E-state index < -0.39 is 28.0 Å². The Labute approximate surface area is 131 Å². The molecule has 2 bridgehead atoms. The number of hydrogen-bond acceptors (Lipinski definition) is 5. The van der Waals surface area contributed by atoms with E-state index in [2.05, 4.69) is 0 Å². The maximum Gasteiger partial charge on any atom is 0.269 e. The summed E-state index contributed by atoms with van der Waals surface area (Å²) in [5.41, 5.74) is -1.28. The van der Waals surface area contributed by atoms with E-state index in [1.165, 1.54) is 24.3 Å². The van der Waals surface area contributed by atoms with Crippen molar-refractivity contribution in [3.8, 4) is 0 Å². The standard InChI is InChI=1S/C16H14N2O5/c1-15-7-8-16(2,23-15)12-11(15)13(19)17(14(12)20)9-3-5-10(6-4-9)18(21)22/h3-8,11-12H,1-2H3/t11-,12+,15-,16-/m1/s1. The second kappa shape index (κ2) is 4.05. The molecule has 0 aliphatic carbocycles. The van der Waals surface area contributed by atoms with E-state index in [0.717, 1.165) is 4.90 Å². The summed E-state index contributed by atoms with van der Waals surface area (Å²) >= 11 is 0. The number of carbonyl (C=O) groups excluding carboxylic acids is 2. The van der Waals surface area contributed by atoms with Crippen molar-refractivity contribution >= 4 is 23.2 Å². The van der Waals surface area contributed by atoms with Crippen molar-refractivity contribution < 1.29 is 19.2 Å². The molecule has 0 radical (unpaired) electrons. The molecule has 0 aromatic heterocycles. The highest BCUT2D eigenvalue weighted by molar-refractivity contribution is 6.23. The summed E-state index contributed by atoms with van der Waals surface area (Å²) in [6, 6.07) is 5.43. The molecule has 2 saturated heterocycles. The van der Waals surface area contributed by atoms with Gasteiger partial charge in [-0.05, 0) is 26.0 Å². The predicted octanol–water partition coefficient (Wildman–Crippen LogP) is 1.82. The maximum atomic E-state index is 12.8. The third kappa shape index (κ3) is 1.62. The first-order valence-corrected chi connectivity index (χ1v) is 7.30. The fourth-order valence-corrected chi connectivity index (χ4v) is 4.01. The molecule has 0 unspecified atom stereocenters. The zero-order chi connectivity index (χ0) is 16.6. The Kier molecular flexibility index (Phi) is 2.48. The lowest BCUT2D eigenvalue weighted by Gasteiger charge is -2.25. The van der Waals surface area contributed by atoms with Crippen LogP contribution in [-0.2, 0) is 14.3 Å². The van der Waals surface area contributed by atoms with Crippen LogP contribution in [0.15, 0.2) is 36.4 Å². The minimum atomic E-state index is -0.776. The first-order chi connectivity index (χ1) is 10.8. The van der Waals surface area contributed by atoms with Crippen LogP contribution in [0.4, 0.5) is 11.4 Å². The molecule has 2 fully saturated rings. The fraction of sp³-hybridized carbons (Fsp3) is 0.375. The summed E-state index contributed by atoms with van der Waals surface area (Å²) in [7, 11) is 0. The van der Waals surface area contributed by atoms with Gasteiger partial charge in [-0.25, -0.2) is 4.90 Å². The van der Waals surface area contributed by atoms with Crippen molar-refractivity contribution in [2.24, 2.45) is 11.8 Å². The van der Waals surface area contributed by atoms with Gasteiger partial charge in [-0.2, -0.15) is 0 Å². The van der Waals surface area contributed by atoms with E-state index >= 15 is 0 Å². The lowest BCUT2D eigenvalue weighted by molar-refractivity contribution is -0.384. The normalized spacial score (nSPS) is 37.6. The summed E-state index contributed by atoms with van der Waals surface area (Å²) in [5, 5.41) is 10.7. The lowest BCUT2D eigenvalue weighted by atomic mass is 9.73. The summed E-state index contributed by atoms with van der Waals surface area (Å²) in [5.74, 6) is -1.74. The van der Waals surface area contributed by atoms with Crippen LogP contribution in [0.2, 0.25) is 0 Å². The third-order valence-corrected chi connectivity index (χ3v) is 5.05. The Balaban J connectivity index is 1.75. The SMILES string of the molecule is C[C@]12C=C[C@@](C)(O1)[C@H]1C(=O)N(c3ccc([N+](=O)[O-])cc3)C(=O)[C@H]12. The molecule has 1 aromatic carbocycles. The largest absolute Gasteiger partial charge is 0.359 e. The Morgan fingerprint density at radius 3 is 1.96 bits per heavy atom. The minimum Gasteiger partial charge on any atom is -0.359 e. The number of hydrogen-bond donors (Lipinski definition) is 0. The fourth-order valence-electron chi connectivity index (χ4n) is 4.01. The van der Waals surface area contributed by atoms with E-state index in [0.29, 0.717) is 5.69 Å². The molecule has 1 aromatic rings. The van der Waals surface area contributed by atoms with Crippen LogP contribution in [0.3, 0.4) is 0 Å². The molecule has 0 saturated carbocycles. The summed E-state index contributed by atoms with van der Waals surface area (Å²) in [6.07, 6.45) is 3.69. The van der Waals surface area contributed by atoms with Gasteiger partial charge in [-0.3, -0.25) is 19.7 Å². The molecule has 7 nitrogen and oxygen atoms in total. The molecule has 3 aliphatic heterocycles. The van der Waals surface area contributed by atoms with Gasteiger partial charge in [0.05, 0.1) is 33.6 Å². The Morgan fingerprint density at radius 2 is 1.52 bits per heavy atom. The first kappa shape index (κ1) is 14.1. The number of non-ortho nitro benzene ring substituents is 1. The second-order valence-corrected chi connectivity index (χ2v) is 6.54. The van der Waals surface area contributed by atoms with Crippen LogP contribution >= 0.6 is 0 Å². The van der Waals surface area contributed by atoms with E-state index in [9.17, 15) is 19.7 Å². The lowest BCUT2D eigenvalue weighted by Crippen LogP contribution is -2.39. The Morgan fingerprint density at radius 1 is 1.04 bits per heavy atom. The molecule has 3 heterocycles. The summed E-state index contributed by atoms with van der Waals surface area (Å²) in [4.78, 5) is 37.0. The highest BCUT2D eigenvalue weighted by Crippen LogP contribution is 2.57. The summed E-state index contributed by atoms with van der Waals surface area (Å²) in [6.45, 7) is 3.62. The number of rotatable bonds is 2. The number of nitrogens with zero attached hydrogens (tertiary/aromatic N) is 2. The van der Waals surface area contributed by atoms with Crippen molar-refractivity contribution in [3.05, 3.63) is 46.5 Å². The summed E-state index contributed by atoms with van der Waals surface area (Å²) < 4.78 is 5.92. The van der Waals surface area contributed by atoms with E-state index in [4.69, 9.17) is 4.74 Å². The molecule has 0 N–H and O–H groups in total. The number of amides is 2. The van der Waals surface area contributed by atoms with E-state index in [-0.39, 0.29) is 17.5 Å². The first-order valence-electron chi connectivity index (χ1n) is 7.30. The number of anilines is 1. The van der Waals surface area contributed by atoms with Crippen LogP contribution in [0.25, 0.3) is 0 Å². The zero-order valence-electron chi connectivity index (χ0n) is 12.6. The van der Waals surface area contributed by atoms with Crippen LogP contribution in [0.1, 0.15) is 13.8 Å². The van der Waals surface area contributed by atoms with Crippen LogP contribution in [0, 0.1) is 22.0 Å². The molecule has 7 heteroatoms. The van der Waals surface area contributed by atoms with Gasteiger partial charge in [0.15, 0.2) is 0 Å². The topological polar surface area (TPSA) is 89.8 Å². The van der Waals surface area contributed by atoms with E-state index in [1.54, 1.807) is 0 Å². The van der Waals surface area contributed by atoms with Crippen molar-refractivity contribution in [1.82, 2.24) is 0 Å². The number of nitro benzene ring substituents is 1. The minimum absolute atomic E-state index is 0.0861. The highest BCUT2D eigenvalue weighted by Gasteiger charge is 2.70. The van der Waals surface area contributed by atoms with Gasteiger partial charge in [0, 0.05) is 12.1 Å². The van der Waals surface area contributed by atoms with Crippen molar-refractivity contribution in [1.29, 1.82) is 0 Å². The van der Waals surface area contributed by atoms with Gasteiger partial charge in [-0.1, -0.05) is 12.2 Å². The molecule has 2 amide bonds. The van der Waals surface area contributed by atoms with Gasteiger partial charge >= 0.3 is 0 Å². The quantitative estimate of drug-likeness (QED) is 0.359.